The predicted octanol–water partition coefficient (Wildman–Crippen LogP) is 2.93. The summed E-state index contributed by atoms with van der Waals surface area (Å²) in [5.41, 5.74) is 0. The van der Waals surface area contributed by atoms with Gasteiger partial charge in [0.1, 0.15) is 0 Å². The predicted molar refractivity (Wildman–Crippen MR) is 43.2 cm³/mol. The van der Waals surface area contributed by atoms with Gasteiger partial charge in [-0.15, -0.1) is 0 Å². The average molecular weight is 138 g/mol. The maximum Gasteiger partial charge on any atom is 0.0655 e. The molecule has 57 valence electrons. The molecule has 0 aliphatic rings. The van der Waals surface area contributed by atoms with E-state index in [2.05, 4.69) is 19.9 Å². The SMILES string of the molecule is [CH2]CCCC(C#N)CCC. The van der Waals surface area contributed by atoms with Crippen LogP contribution in [0.1, 0.15) is 39.0 Å². The zero-order valence-electron chi connectivity index (χ0n) is 6.77. The van der Waals surface area contributed by atoms with Crippen LogP contribution in [0.5, 0.6) is 0 Å². The molecule has 0 N–H and O–H groups in total. The Morgan fingerprint density at radius 1 is 1.50 bits per heavy atom. The lowest BCUT2D eigenvalue weighted by molar-refractivity contribution is 0.529. The summed E-state index contributed by atoms with van der Waals surface area (Å²) in [4.78, 5) is 0. The van der Waals surface area contributed by atoms with E-state index in [0.717, 1.165) is 32.1 Å². The Hall–Kier alpha value is -0.510. The van der Waals surface area contributed by atoms with Crippen molar-refractivity contribution in [3.63, 3.8) is 0 Å². The van der Waals surface area contributed by atoms with Crippen molar-refractivity contribution < 1.29 is 0 Å². The molecule has 0 spiro atoms. The zero-order valence-corrected chi connectivity index (χ0v) is 6.77. The van der Waals surface area contributed by atoms with Crippen molar-refractivity contribution in [2.45, 2.75) is 39.0 Å². The van der Waals surface area contributed by atoms with E-state index in [0.29, 0.717) is 0 Å². The largest absolute Gasteiger partial charge is 0.198 e. The van der Waals surface area contributed by atoms with Crippen LogP contribution in [0.15, 0.2) is 0 Å². The fourth-order valence-corrected chi connectivity index (χ4v) is 1.01. The van der Waals surface area contributed by atoms with E-state index in [9.17, 15) is 0 Å². The van der Waals surface area contributed by atoms with E-state index >= 15 is 0 Å². The second-order valence-electron chi connectivity index (χ2n) is 2.61. The highest BCUT2D eigenvalue weighted by Crippen LogP contribution is 2.12. The molecule has 0 bridgehead atoms. The highest BCUT2D eigenvalue weighted by atomic mass is 14.3. The van der Waals surface area contributed by atoms with Crippen molar-refractivity contribution in [3.8, 4) is 6.07 Å². The van der Waals surface area contributed by atoms with Gasteiger partial charge in [0.25, 0.3) is 0 Å². The molecular formula is C9H16N. The lowest BCUT2D eigenvalue weighted by atomic mass is 9.99. The molecule has 0 aromatic carbocycles. The van der Waals surface area contributed by atoms with Gasteiger partial charge in [0.05, 0.1) is 6.07 Å². The third-order valence-corrected chi connectivity index (χ3v) is 1.62. The second kappa shape index (κ2) is 6.61. The molecule has 0 rings (SSSR count). The normalized spacial score (nSPS) is 12.5. The molecule has 1 unspecified atom stereocenters. The zero-order chi connectivity index (χ0) is 7.82. The topological polar surface area (TPSA) is 23.8 Å². The molecule has 10 heavy (non-hydrogen) atoms. The molecule has 0 saturated heterocycles. The summed E-state index contributed by atoms with van der Waals surface area (Å²) in [6.45, 7) is 5.86. The number of hydrogen-bond donors (Lipinski definition) is 0. The number of nitrogens with zero attached hydrogens (tertiary/aromatic N) is 1. The highest BCUT2D eigenvalue weighted by molar-refractivity contribution is 4.81. The molecule has 0 aliphatic carbocycles. The van der Waals surface area contributed by atoms with Gasteiger partial charge in [-0.05, 0) is 12.8 Å². The van der Waals surface area contributed by atoms with Crippen molar-refractivity contribution in [2.24, 2.45) is 5.92 Å². The first-order valence-electron chi connectivity index (χ1n) is 4.04. The molecule has 0 amide bonds. The van der Waals surface area contributed by atoms with Gasteiger partial charge in [0, 0.05) is 5.92 Å². The fraction of sp³-hybridized carbons (Fsp3) is 0.778. The Balaban J connectivity index is 3.33. The van der Waals surface area contributed by atoms with Crippen LogP contribution in [0.2, 0.25) is 0 Å². The molecule has 1 nitrogen and oxygen atoms in total. The van der Waals surface area contributed by atoms with E-state index in [1.54, 1.807) is 0 Å². The number of unbranched alkanes of at least 4 members (excludes halogenated alkanes) is 1. The van der Waals surface area contributed by atoms with E-state index in [-0.39, 0.29) is 5.92 Å². The van der Waals surface area contributed by atoms with Gasteiger partial charge < -0.3 is 0 Å². The summed E-state index contributed by atoms with van der Waals surface area (Å²) < 4.78 is 0. The molecule has 0 heterocycles. The van der Waals surface area contributed by atoms with Gasteiger partial charge >= 0.3 is 0 Å². The molecule has 0 fully saturated rings. The van der Waals surface area contributed by atoms with Crippen LogP contribution in [0.25, 0.3) is 0 Å². The second-order valence-corrected chi connectivity index (χ2v) is 2.61. The summed E-state index contributed by atoms with van der Waals surface area (Å²) in [5, 5.41) is 8.61. The van der Waals surface area contributed by atoms with Gasteiger partial charge in [-0.1, -0.05) is 33.1 Å². The van der Waals surface area contributed by atoms with Crippen molar-refractivity contribution in [1.82, 2.24) is 0 Å². The Labute approximate surface area is 64.1 Å². The summed E-state index contributed by atoms with van der Waals surface area (Å²) >= 11 is 0. The molecule has 0 aliphatic heterocycles. The van der Waals surface area contributed by atoms with Crippen LogP contribution in [-0.2, 0) is 0 Å². The van der Waals surface area contributed by atoms with Gasteiger partial charge in [0.2, 0.25) is 0 Å². The Morgan fingerprint density at radius 2 is 2.20 bits per heavy atom. The molecule has 0 aromatic rings. The lowest BCUT2D eigenvalue weighted by Gasteiger charge is -2.04. The Kier molecular flexibility index (Phi) is 6.27. The molecule has 1 radical (unpaired) electrons. The fourth-order valence-electron chi connectivity index (χ4n) is 1.01. The molecule has 0 aromatic heterocycles. The van der Waals surface area contributed by atoms with Crippen molar-refractivity contribution in [1.29, 1.82) is 5.26 Å². The molecular weight excluding hydrogens is 122 g/mol. The van der Waals surface area contributed by atoms with Crippen molar-refractivity contribution in [3.05, 3.63) is 6.92 Å². The van der Waals surface area contributed by atoms with Crippen LogP contribution in [0.3, 0.4) is 0 Å². The lowest BCUT2D eigenvalue weighted by Crippen LogP contribution is -1.95. The van der Waals surface area contributed by atoms with Crippen LogP contribution in [-0.4, -0.2) is 0 Å². The summed E-state index contributed by atoms with van der Waals surface area (Å²) in [6.07, 6.45) is 5.26. The van der Waals surface area contributed by atoms with Gasteiger partial charge in [-0.3, -0.25) is 0 Å². The van der Waals surface area contributed by atoms with Gasteiger partial charge in [0.15, 0.2) is 0 Å². The number of nitriles is 1. The van der Waals surface area contributed by atoms with E-state index < -0.39 is 0 Å². The van der Waals surface area contributed by atoms with Crippen LogP contribution in [0.4, 0.5) is 0 Å². The number of hydrogen-bond acceptors (Lipinski definition) is 1. The quantitative estimate of drug-likeness (QED) is 0.573. The van der Waals surface area contributed by atoms with Crippen LogP contribution >= 0.6 is 0 Å². The summed E-state index contributed by atoms with van der Waals surface area (Å²) in [5.74, 6) is 0.284. The van der Waals surface area contributed by atoms with Crippen LogP contribution < -0.4 is 0 Å². The molecule has 1 atom stereocenters. The average Bonchev–Trinajstić information content (AvgIpc) is 1.98. The van der Waals surface area contributed by atoms with E-state index in [1.165, 1.54) is 0 Å². The first kappa shape index (κ1) is 9.49. The third-order valence-electron chi connectivity index (χ3n) is 1.62. The smallest absolute Gasteiger partial charge is 0.0655 e. The Morgan fingerprint density at radius 3 is 2.60 bits per heavy atom. The molecule has 0 saturated carbocycles. The van der Waals surface area contributed by atoms with Crippen LogP contribution in [0, 0.1) is 24.2 Å². The monoisotopic (exact) mass is 138 g/mol. The maximum atomic E-state index is 8.61. The third kappa shape index (κ3) is 4.38. The summed E-state index contributed by atoms with van der Waals surface area (Å²) in [7, 11) is 0. The van der Waals surface area contributed by atoms with Crippen molar-refractivity contribution in [2.75, 3.05) is 0 Å². The van der Waals surface area contributed by atoms with E-state index in [4.69, 9.17) is 5.26 Å². The standard InChI is InChI=1S/C9H16N/c1-3-5-7-9(8-10)6-4-2/h9H,1,3-7H2,2H3. The maximum absolute atomic E-state index is 8.61. The summed E-state index contributed by atoms with van der Waals surface area (Å²) in [6, 6.07) is 2.31. The number of rotatable bonds is 5. The van der Waals surface area contributed by atoms with E-state index in [1.807, 2.05) is 0 Å². The Bertz CT molecular complexity index is 102. The minimum atomic E-state index is 0.284. The van der Waals surface area contributed by atoms with Gasteiger partial charge in [-0.25, -0.2) is 0 Å². The first-order chi connectivity index (χ1) is 4.85. The highest BCUT2D eigenvalue weighted by Gasteiger charge is 2.03. The first-order valence-corrected chi connectivity index (χ1v) is 4.04. The molecule has 1 heteroatoms. The minimum absolute atomic E-state index is 0.284. The minimum Gasteiger partial charge on any atom is -0.198 e. The van der Waals surface area contributed by atoms with Crippen molar-refractivity contribution >= 4 is 0 Å². The van der Waals surface area contributed by atoms with Gasteiger partial charge in [-0.2, -0.15) is 5.26 Å².